The van der Waals surface area contributed by atoms with Crippen LogP contribution in [0, 0.1) is 0 Å². The lowest BCUT2D eigenvalue weighted by Gasteiger charge is -2.39. The Morgan fingerprint density at radius 3 is 2.67 bits per heavy atom. The van der Waals surface area contributed by atoms with Crippen molar-refractivity contribution in [3.8, 4) is 0 Å². The Kier molecular flexibility index (Phi) is 3.80. The predicted molar refractivity (Wildman–Crippen MR) is 73.5 cm³/mol. The van der Waals surface area contributed by atoms with E-state index in [9.17, 15) is 5.11 Å². The normalized spacial score (nSPS) is 19.1. The van der Waals surface area contributed by atoms with Crippen LogP contribution >= 0.6 is 11.6 Å². The number of anilines is 1. The average molecular weight is 270 g/mol. The van der Waals surface area contributed by atoms with Gasteiger partial charge < -0.3 is 10.8 Å². The van der Waals surface area contributed by atoms with Crippen LogP contribution in [-0.2, 0) is 0 Å². The van der Waals surface area contributed by atoms with Crippen LogP contribution in [0.25, 0.3) is 0 Å². The van der Waals surface area contributed by atoms with Gasteiger partial charge in [-0.25, -0.2) is 4.98 Å². The fourth-order valence-electron chi connectivity index (χ4n) is 2.53. The van der Waals surface area contributed by atoms with E-state index in [4.69, 9.17) is 17.3 Å². The highest BCUT2D eigenvalue weighted by molar-refractivity contribution is 6.30. The zero-order valence-corrected chi connectivity index (χ0v) is 11.6. The zero-order chi connectivity index (χ0) is 13.3. The van der Waals surface area contributed by atoms with Crippen LogP contribution in [0.1, 0.15) is 38.4 Å². The van der Waals surface area contributed by atoms with Crippen LogP contribution in [0.3, 0.4) is 0 Å². The summed E-state index contributed by atoms with van der Waals surface area (Å²) in [4.78, 5) is 6.30. The number of hydrogen-bond acceptors (Lipinski definition) is 4. The molecule has 1 aliphatic rings. The van der Waals surface area contributed by atoms with Crippen molar-refractivity contribution in [1.29, 1.82) is 0 Å². The molecule has 5 heteroatoms. The van der Waals surface area contributed by atoms with E-state index < -0.39 is 6.10 Å². The Hall–Kier alpha value is -0.840. The van der Waals surface area contributed by atoms with Crippen molar-refractivity contribution in [1.82, 2.24) is 9.88 Å². The van der Waals surface area contributed by atoms with Gasteiger partial charge >= 0.3 is 0 Å². The first kappa shape index (κ1) is 13.6. The summed E-state index contributed by atoms with van der Waals surface area (Å²) in [6, 6.07) is 1.70. The molecule has 1 atom stereocenters. The smallest absolute Gasteiger partial charge is 0.129 e. The molecule has 3 N–H and O–H groups in total. The molecule has 1 aromatic heterocycles. The summed E-state index contributed by atoms with van der Waals surface area (Å²) in [6.07, 6.45) is 3.16. The lowest BCUT2D eigenvalue weighted by molar-refractivity contribution is 0.00161. The first-order valence-electron chi connectivity index (χ1n) is 6.27. The molecule has 0 spiro atoms. The number of nitrogen functional groups attached to an aromatic ring is 1. The van der Waals surface area contributed by atoms with Crippen LogP contribution in [-0.4, -0.2) is 33.6 Å². The maximum Gasteiger partial charge on any atom is 0.129 e. The second-order valence-corrected chi connectivity index (χ2v) is 5.81. The summed E-state index contributed by atoms with van der Waals surface area (Å²) in [5.41, 5.74) is 6.08. The highest BCUT2D eigenvalue weighted by Gasteiger charge is 2.37. The summed E-state index contributed by atoms with van der Waals surface area (Å²) < 4.78 is 0. The second kappa shape index (κ2) is 5.03. The van der Waals surface area contributed by atoms with Crippen molar-refractivity contribution in [2.45, 2.75) is 38.3 Å². The third-order valence-corrected chi connectivity index (χ3v) is 4.01. The summed E-state index contributed by atoms with van der Waals surface area (Å²) in [6.45, 7) is 6.09. The van der Waals surface area contributed by atoms with E-state index in [1.807, 2.05) is 13.8 Å². The van der Waals surface area contributed by atoms with E-state index in [1.165, 1.54) is 19.0 Å². The van der Waals surface area contributed by atoms with Crippen molar-refractivity contribution >= 4 is 17.4 Å². The Bertz CT molecular complexity index is 430. The molecule has 2 rings (SSSR count). The summed E-state index contributed by atoms with van der Waals surface area (Å²) >= 11 is 5.93. The second-order valence-electron chi connectivity index (χ2n) is 5.38. The monoisotopic (exact) mass is 269 g/mol. The number of nitrogens with zero attached hydrogens (tertiary/aromatic N) is 2. The molecule has 0 aliphatic carbocycles. The number of halogens is 1. The van der Waals surface area contributed by atoms with Gasteiger partial charge in [0.15, 0.2) is 0 Å². The topological polar surface area (TPSA) is 62.4 Å². The minimum Gasteiger partial charge on any atom is -0.386 e. The van der Waals surface area contributed by atoms with E-state index in [2.05, 4.69) is 9.88 Å². The van der Waals surface area contributed by atoms with E-state index >= 15 is 0 Å². The number of rotatable bonds is 3. The van der Waals surface area contributed by atoms with E-state index in [-0.39, 0.29) is 5.54 Å². The third kappa shape index (κ3) is 2.46. The maximum atomic E-state index is 10.6. The third-order valence-electron chi connectivity index (χ3n) is 3.80. The number of nitrogens with two attached hydrogens (primary N) is 1. The number of hydrogen-bond donors (Lipinski definition) is 2. The van der Waals surface area contributed by atoms with Crippen molar-refractivity contribution in [3.63, 3.8) is 0 Å². The molecule has 1 saturated heterocycles. The molecule has 0 amide bonds. The van der Waals surface area contributed by atoms with Crippen molar-refractivity contribution in [2.24, 2.45) is 0 Å². The molecule has 1 unspecified atom stereocenters. The fraction of sp³-hybridized carbons (Fsp3) is 0.615. The molecule has 0 bridgehead atoms. The standard InChI is InChI=1S/C13H20ClN3O/c1-13(2,17-5-3-4-6-17)11(18)10-7-9(14)8-16-12(10)15/h7-8,11,18H,3-6H2,1-2H3,(H2,15,16). The molecule has 4 nitrogen and oxygen atoms in total. The summed E-state index contributed by atoms with van der Waals surface area (Å²) in [5, 5.41) is 11.1. The number of aromatic nitrogens is 1. The average Bonchev–Trinajstić information content (AvgIpc) is 2.85. The molecule has 1 aliphatic heterocycles. The Labute approximate surface area is 113 Å². The first-order chi connectivity index (χ1) is 8.43. The summed E-state index contributed by atoms with van der Waals surface area (Å²) in [7, 11) is 0. The molecular weight excluding hydrogens is 250 g/mol. The predicted octanol–water partition coefficient (Wildman–Crippen LogP) is 2.22. The van der Waals surface area contributed by atoms with Gasteiger partial charge in [-0.2, -0.15) is 0 Å². The molecule has 0 radical (unpaired) electrons. The van der Waals surface area contributed by atoms with Crippen LogP contribution in [0.4, 0.5) is 5.82 Å². The molecule has 2 heterocycles. The SMILES string of the molecule is CC(C)(C(O)c1cc(Cl)cnc1N)N1CCCC1. The van der Waals surface area contributed by atoms with Crippen LogP contribution in [0.2, 0.25) is 5.02 Å². The van der Waals surface area contributed by atoms with Crippen LogP contribution in [0.15, 0.2) is 12.3 Å². The number of aliphatic hydroxyl groups is 1. The van der Waals surface area contributed by atoms with Gasteiger partial charge in [-0.05, 0) is 45.8 Å². The number of aliphatic hydroxyl groups excluding tert-OH is 1. The molecule has 100 valence electrons. The Morgan fingerprint density at radius 1 is 1.44 bits per heavy atom. The Morgan fingerprint density at radius 2 is 2.06 bits per heavy atom. The van der Waals surface area contributed by atoms with E-state index in [0.717, 1.165) is 13.1 Å². The zero-order valence-electron chi connectivity index (χ0n) is 10.9. The van der Waals surface area contributed by atoms with Crippen LogP contribution < -0.4 is 5.73 Å². The van der Waals surface area contributed by atoms with Gasteiger partial charge in [0.25, 0.3) is 0 Å². The molecule has 1 aromatic rings. The lowest BCUT2D eigenvalue weighted by atomic mass is 9.90. The minimum atomic E-state index is -0.693. The lowest BCUT2D eigenvalue weighted by Crippen LogP contribution is -2.47. The van der Waals surface area contributed by atoms with E-state index in [0.29, 0.717) is 16.4 Å². The van der Waals surface area contributed by atoms with Crippen molar-refractivity contribution in [3.05, 3.63) is 22.8 Å². The summed E-state index contributed by atoms with van der Waals surface area (Å²) in [5.74, 6) is 0.346. The van der Waals surface area contributed by atoms with Gasteiger partial charge in [-0.15, -0.1) is 0 Å². The van der Waals surface area contributed by atoms with Gasteiger partial charge in [0.1, 0.15) is 11.9 Å². The number of likely N-dealkylation sites (tertiary alicyclic amines) is 1. The highest BCUT2D eigenvalue weighted by atomic mass is 35.5. The number of pyridine rings is 1. The molecule has 1 fully saturated rings. The van der Waals surface area contributed by atoms with Gasteiger partial charge in [0.2, 0.25) is 0 Å². The van der Waals surface area contributed by atoms with Crippen molar-refractivity contribution in [2.75, 3.05) is 18.8 Å². The largest absolute Gasteiger partial charge is 0.386 e. The maximum absolute atomic E-state index is 10.6. The van der Waals surface area contributed by atoms with Crippen LogP contribution in [0.5, 0.6) is 0 Å². The highest BCUT2D eigenvalue weighted by Crippen LogP contribution is 2.35. The van der Waals surface area contributed by atoms with Gasteiger partial charge in [0.05, 0.1) is 5.02 Å². The molecular formula is C13H20ClN3O. The minimum absolute atomic E-state index is 0.346. The molecule has 0 saturated carbocycles. The van der Waals surface area contributed by atoms with Gasteiger partial charge in [0, 0.05) is 17.3 Å². The first-order valence-corrected chi connectivity index (χ1v) is 6.65. The Balaban J connectivity index is 2.28. The quantitative estimate of drug-likeness (QED) is 0.883. The fourth-order valence-corrected chi connectivity index (χ4v) is 2.70. The molecule has 0 aromatic carbocycles. The van der Waals surface area contributed by atoms with Crippen molar-refractivity contribution < 1.29 is 5.11 Å². The van der Waals surface area contributed by atoms with E-state index in [1.54, 1.807) is 6.07 Å². The van der Waals surface area contributed by atoms with Gasteiger partial charge in [-0.3, -0.25) is 4.90 Å². The molecule has 18 heavy (non-hydrogen) atoms. The van der Waals surface area contributed by atoms with Gasteiger partial charge in [-0.1, -0.05) is 11.6 Å².